The van der Waals surface area contributed by atoms with E-state index < -0.39 is 0 Å². The van der Waals surface area contributed by atoms with Crippen LogP contribution in [0, 0.1) is 0 Å². The average molecular weight is 257 g/mol. The van der Waals surface area contributed by atoms with Gasteiger partial charge in [-0.1, -0.05) is 0 Å². The third-order valence-corrected chi connectivity index (χ3v) is 3.06. The maximum absolute atomic E-state index is 5.41. The van der Waals surface area contributed by atoms with Crippen LogP contribution in [0.4, 0.5) is 0 Å². The molecular weight excluding hydrogens is 230 g/mol. The largest absolute Gasteiger partial charge is 0.385 e. The van der Waals surface area contributed by atoms with Gasteiger partial charge >= 0.3 is 0 Å². The maximum atomic E-state index is 5.41. The Bertz CT molecular complexity index is 229. The van der Waals surface area contributed by atoms with Crippen molar-refractivity contribution < 1.29 is 4.74 Å². The summed E-state index contributed by atoms with van der Waals surface area (Å²) in [5.41, 5.74) is 2.59. The number of guanidine groups is 1. The van der Waals surface area contributed by atoms with E-state index in [1.165, 1.54) is 25.9 Å². The van der Waals surface area contributed by atoms with Crippen molar-refractivity contribution in [3.63, 3.8) is 0 Å². The highest BCUT2D eigenvalue weighted by Gasteiger charge is 2.10. The van der Waals surface area contributed by atoms with E-state index in [0.717, 1.165) is 39.1 Å². The third kappa shape index (κ3) is 6.78. The van der Waals surface area contributed by atoms with Gasteiger partial charge in [0.05, 0.1) is 0 Å². The van der Waals surface area contributed by atoms with E-state index in [1.807, 2.05) is 0 Å². The van der Waals surface area contributed by atoms with Gasteiger partial charge in [0.1, 0.15) is 0 Å². The molecule has 0 spiro atoms. The fourth-order valence-corrected chi connectivity index (χ4v) is 2.07. The molecular formula is C12H27N5O. The Morgan fingerprint density at radius 1 is 1.33 bits per heavy atom. The molecule has 0 aromatic rings. The number of nitrogens with two attached hydrogens (primary N) is 1. The number of ether oxygens (including phenoxy) is 1. The number of rotatable bonds is 8. The molecule has 6 heteroatoms. The topological polar surface area (TPSA) is 74.9 Å². The van der Waals surface area contributed by atoms with Crippen molar-refractivity contribution in [2.45, 2.75) is 25.7 Å². The number of nitrogens with zero attached hydrogens (tertiary/aromatic N) is 2. The molecule has 0 unspecified atom stereocenters. The first kappa shape index (κ1) is 15.2. The van der Waals surface area contributed by atoms with Crippen LogP contribution < -0.4 is 16.6 Å². The lowest BCUT2D eigenvalue weighted by molar-refractivity contribution is 0.197. The van der Waals surface area contributed by atoms with Crippen molar-refractivity contribution >= 4 is 5.96 Å². The fraction of sp³-hybridized carbons (Fsp3) is 0.917. The standard InChI is InChI=1S/C12H27N5O/c1-18-11-5-7-15-12(16-13)14-6-4-10-17-8-2-3-9-17/h2-11,13H2,1H3,(H2,14,15,16). The van der Waals surface area contributed by atoms with E-state index in [4.69, 9.17) is 10.6 Å². The van der Waals surface area contributed by atoms with Crippen LogP contribution in [0.2, 0.25) is 0 Å². The summed E-state index contributed by atoms with van der Waals surface area (Å²) >= 11 is 0. The van der Waals surface area contributed by atoms with Crippen molar-refractivity contribution in [1.29, 1.82) is 0 Å². The maximum Gasteiger partial charge on any atom is 0.205 e. The number of nitrogens with one attached hydrogen (secondary N) is 2. The molecule has 106 valence electrons. The van der Waals surface area contributed by atoms with Gasteiger partial charge in [0.2, 0.25) is 5.96 Å². The molecule has 1 heterocycles. The zero-order valence-corrected chi connectivity index (χ0v) is 11.5. The van der Waals surface area contributed by atoms with Gasteiger partial charge in [-0.2, -0.15) is 0 Å². The minimum atomic E-state index is 0.674. The number of hydrazine groups is 1. The lowest BCUT2D eigenvalue weighted by atomic mass is 10.4. The van der Waals surface area contributed by atoms with Crippen molar-refractivity contribution in [2.75, 3.05) is 46.4 Å². The Hall–Kier alpha value is -0.850. The molecule has 0 saturated carbocycles. The Morgan fingerprint density at radius 2 is 2.11 bits per heavy atom. The normalized spacial score (nSPS) is 17.1. The van der Waals surface area contributed by atoms with E-state index in [9.17, 15) is 0 Å². The average Bonchev–Trinajstić information content (AvgIpc) is 2.90. The Balaban J connectivity index is 2.03. The van der Waals surface area contributed by atoms with Crippen LogP contribution in [-0.4, -0.2) is 57.3 Å². The summed E-state index contributed by atoms with van der Waals surface area (Å²) in [4.78, 5) is 6.83. The molecule has 1 fully saturated rings. The molecule has 1 aliphatic heterocycles. The van der Waals surface area contributed by atoms with Crippen molar-refractivity contribution in [3.05, 3.63) is 0 Å². The number of aliphatic imine (C=N–C) groups is 1. The van der Waals surface area contributed by atoms with Gasteiger partial charge in [0, 0.05) is 26.8 Å². The van der Waals surface area contributed by atoms with Gasteiger partial charge < -0.3 is 15.0 Å². The molecule has 18 heavy (non-hydrogen) atoms. The van der Waals surface area contributed by atoms with Gasteiger partial charge in [-0.15, -0.1) is 0 Å². The molecule has 0 atom stereocenters. The quantitative estimate of drug-likeness (QED) is 0.186. The molecule has 1 aliphatic rings. The Labute approximate surface area is 110 Å². The molecule has 0 radical (unpaired) electrons. The van der Waals surface area contributed by atoms with Crippen LogP contribution in [0.1, 0.15) is 25.7 Å². The summed E-state index contributed by atoms with van der Waals surface area (Å²) < 4.78 is 4.97. The first-order valence-corrected chi connectivity index (χ1v) is 6.83. The van der Waals surface area contributed by atoms with Gasteiger partial charge in [0.15, 0.2) is 0 Å². The molecule has 0 amide bonds. The first-order valence-electron chi connectivity index (χ1n) is 6.83. The summed E-state index contributed by atoms with van der Waals surface area (Å²) in [6.07, 6.45) is 4.74. The Kier molecular flexibility index (Phi) is 8.54. The monoisotopic (exact) mass is 257 g/mol. The van der Waals surface area contributed by atoms with E-state index in [-0.39, 0.29) is 0 Å². The summed E-state index contributed by atoms with van der Waals surface area (Å²) in [5.74, 6) is 6.08. The molecule has 0 aliphatic carbocycles. The molecule has 4 N–H and O–H groups in total. The highest BCUT2D eigenvalue weighted by atomic mass is 16.5. The smallest absolute Gasteiger partial charge is 0.205 e. The molecule has 6 nitrogen and oxygen atoms in total. The van der Waals surface area contributed by atoms with E-state index in [2.05, 4.69) is 20.6 Å². The number of hydrogen-bond acceptors (Lipinski definition) is 4. The lowest BCUT2D eigenvalue weighted by Crippen LogP contribution is -2.42. The second kappa shape index (κ2) is 10.1. The number of likely N-dealkylation sites (tertiary alicyclic amines) is 1. The van der Waals surface area contributed by atoms with Crippen LogP contribution in [0.25, 0.3) is 0 Å². The number of hydrogen-bond donors (Lipinski definition) is 3. The first-order chi connectivity index (χ1) is 8.86. The van der Waals surface area contributed by atoms with Gasteiger partial charge in [-0.3, -0.25) is 10.4 Å². The second-order valence-electron chi connectivity index (χ2n) is 4.55. The molecule has 0 bridgehead atoms. The lowest BCUT2D eigenvalue weighted by Gasteiger charge is -2.15. The molecule has 0 aromatic carbocycles. The predicted octanol–water partition coefficient (Wildman–Crippen LogP) is -0.0823. The summed E-state index contributed by atoms with van der Waals surface area (Å²) in [7, 11) is 1.70. The summed E-state index contributed by atoms with van der Waals surface area (Å²) in [6, 6.07) is 0. The van der Waals surface area contributed by atoms with E-state index in [0.29, 0.717) is 5.96 Å². The molecule has 1 saturated heterocycles. The Morgan fingerprint density at radius 3 is 2.78 bits per heavy atom. The van der Waals surface area contributed by atoms with Crippen LogP contribution in [0.3, 0.4) is 0 Å². The minimum absolute atomic E-state index is 0.674. The highest BCUT2D eigenvalue weighted by molar-refractivity contribution is 5.79. The summed E-state index contributed by atoms with van der Waals surface area (Å²) in [6.45, 7) is 6.04. The fourth-order valence-electron chi connectivity index (χ4n) is 2.07. The van der Waals surface area contributed by atoms with E-state index in [1.54, 1.807) is 7.11 Å². The van der Waals surface area contributed by atoms with Gasteiger partial charge in [-0.05, 0) is 45.3 Å². The summed E-state index contributed by atoms with van der Waals surface area (Å²) in [5, 5.41) is 3.22. The van der Waals surface area contributed by atoms with Crippen LogP contribution in [0.5, 0.6) is 0 Å². The highest BCUT2D eigenvalue weighted by Crippen LogP contribution is 2.06. The SMILES string of the molecule is COCCCN=C(NN)NCCCN1CCCC1. The second-order valence-corrected chi connectivity index (χ2v) is 4.55. The zero-order valence-electron chi connectivity index (χ0n) is 11.5. The zero-order chi connectivity index (χ0) is 13.1. The van der Waals surface area contributed by atoms with E-state index >= 15 is 0 Å². The third-order valence-electron chi connectivity index (χ3n) is 3.06. The number of methoxy groups -OCH3 is 1. The van der Waals surface area contributed by atoms with Crippen molar-refractivity contribution in [1.82, 2.24) is 15.6 Å². The molecule has 0 aromatic heterocycles. The van der Waals surface area contributed by atoms with Crippen LogP contribution >= 0.6 is 0 Å². The predicted molar refractivity (Wildman–Crippen MR) is 74.4 cm³/mol. The van der Waals surface area contributed by atoms with Gasteiger partial charge in [-0.25, -0.2) is 5.84 Å². The van der Waals surface area contributed by atoms with Crippen LogP contribution in [0.15, 0.2) is 4.99 Å². The van der Waals surface area contributed by atoms with Crippen molar-refractivity contribution in [2.24, 2.45) is 10.8 Å². The van der Waals surface area contributed by atoms with Gasteiger partial charge in [0.25, 0.3) is 0 Å². The molecule has 1 rings (SSSR count). The van der Waals surface area contributed by atoms with Crippen molar-refractivity contribution in [3.8, 4) is 0 Å². The van der Waals surface area contributed by atoms with Crippen LogP contribution in [-0.2, 0) is 4.74 Å². The minimum Gasteiger partial charge on any atom is -0.385 e.